The Hall–Kier alpha value is -3.25. The van der Waals surface area contributed by atoms with E-state index in [-0.39, 0.29) is 18.9 Å². The molecular formula is C26H27N2O5P. The molecule has 0 saturated carbocycles. The molecule has 0 radical (unpaired) electrons. The maximum Gasteiger partial charge on any atom is 0.378 e. The lowest BCUT2D eigenvalue weighted by atomic mass is 10.1. The fourth-order valence-corrected chi connectivity index (χ4v) is 6.12. The zero-order chi connectivity index (χ0) is 24.3. The number of aromatic nitrogens is 1. The number of hydrogen-bond acceptors (Lipinski definition) is 5. The molecule has 4 aromatic rings. The van der Waals surface area contributed by atoms with Crippen molar-refractivity contribution in [2.75, 3.05) is 13.2 Å². The molecule has 0 N–H and O–H groups in total. The van der Waals surface area contributed by atoms with Gasteiger partial charge in [-0.2, -0.15) is 0 Å². The van der Waals surface area contributed by atoms with Crippen LogP contribution in [0.2, 0.25) is 0 Å². The highest BCUT2D eigenvalue weighted by Gasteiger charge is 2.36. The van der Waals surface area contributed by atoms with Crippen LogP contribution >= 0.6 is 7.60 Å². The van der Waals surface area contributed by atoms with Crippen LogP contribution in [-0.2, 0) is 20.0 Å². The van der Waals surface area contributed by atoms with Gasteiger partial charge in [-0.05, 0) is 44.5 Å². The molecule has 0 aliphatic carbocycles. The van der Waals surface area contributed by atoms with Gasteiger partial charge in [-0.25, -0.2) is 0 Å². The molecule has 0 aliphatic heterocycles. The van der Waals surface area contributed by atoms with Gasteiger partial charge in [0.15, 0.2) is 0 Å². The van der Waals surface area contributed by atoms with Crippen molar-refractivity contribution in [3.8, 4) is 5.69 Å². The van der Waals surface area contributed by atoms with Crippen LogP contribution in [0.4, 0.5) is 5.69 Å². The molecule has 4 rings (SSSR count). The fraction of sp³-hybridized carbons (Fsp3) is 0.231. The Morgan fingerprint density at radius 2 is 1.56 bits per heavy atom. The maximum absolute atomic E-state index is 14.2. The van der Waals surface area contributed by atoms with Crippen molar-refractivity contribution in [1.29, 1.82) is 0 Å². The summed E-state index contributed by atoms with van der Waals surface area (Å²) in [4.78, 5) is 11.2. The van der Waals surface area contributed by atoms with E-state index in [0.29, 0.717) is 17.2 Å². The van der Waals surface area contributed by atoms with Crippen molar-refractivity contribution in [2.45, 2.75) is 27.2 Å². The van der Waals surface area contributed by atoms with Crippen LogP contribution < -0.4 is 5.44 Å². The topological polar surface area (TPSA) is 83.6 Å². The highest BCUT2D eigenvalue weighted by Crippen LogP contribution is 2.50. The van der Waals surface area contributed by atoms with Crippen molar-refractivity contribution < 1.29 is 18.5 Å². The second kappa shape index (κ2) is 9.94. The minimum absolute atomic E-state index is 0.0828. The number of fused-ring (bicyclic) bond motifs is 1. The number of hydrogen-bond donors (Lipinski definition) is 0. The number of nitrogens with zero attached hydrogens (tertiary/aromatic N) is 2. The van der Waals surface area contributed by atoms with Crippen LogP contribution in [0.3, 0.4) is 0 Å². The van der Waals surface area contributed by atoms with E-state index in [0.717, 1.165) is 27.9 Å². The summed E-state index contributed by atoms with van der Waals surface area (Å²) < 4.78 is 27.6. The molecule has 0 amide bonds. The highest BCUT2D eigenvalue weighted by molar-refractivity contribution is 7.62. The van der Waals surface area contributed by atoms with E-state index in [1.54, 1.807) is 19.9 Å². The summed E-state index contributed by atoms with van der Waals surface area (Å²) in [5.74, 6) is 0. The van der Waals surface area contributed by atoms with Gasteiger partial charge in [0.25, 0.3) is 5.69 Å². The van der Waals surface area contributed by atoms with Crippen LogP contribution in [0.1, 0.15) is 30.7 Å². The van der Waals surface area contributed by atoms with Crippen LogP contribution in [0.15, 0.2) is 72.8 Å². The van der Waals surface area contributed by atoms with Crippen molar-refractivity contribution in [2.24, 2.45) is 0 Å². The smallest absolute Gasteiger partial charge is 0.306 e. The lowest BCUT2D eigenvalue weighted by molar-refractivity contribution is -0.384. The van der Waals surface area contributed by atoms with Crippen molar-refractivity contribution in [3.63, 3.8) is 0 Å². The standard InChI is InChI=1S/C26H27N2O5P/c1-4-32-34(31,33-5-2)26-24-18-22(28(29)30)15-16-23(24)25(17-20-9-7-6-8-10-20)27(26)21-13-11-19(3)12-14-21/h6-16,18H,4-5,17H2,1-3H3. The molecule has 34 heavy (non-hydrogen) atoms. The van der Waals surface area contributed by atoms with E-state index in [1.807, 2.05) is 66.1 Å². The molecule has 0 saturated heterocycles. The first-order valence-corrected chi connectivity index (χ1v) is 12.7. The van der Waals surface area contributed by atoms with Gasteiger partial charge in [0, 0.05) is 40.7 Å². The summed E-state index contributed by atoms with van der Waals surface area (Å²) in [7, 11) is -3.83. The summed E-state index contributed by atoms with van der Waals surface area (Å²) in [6.07, 6.45) is 0.529. The number of benzene rings is 3. The lowest BCUT2D eigenvalue weighted by Crippen LogP contribution is -2.21. The molecule has 0 fully saturated rings. The van der Waals surface area contributed by atoms with Gasteiger partial charge in [0.1, 0.15) is 5.44 Å². The molecule has 0 aliphatic rings. The lowest BCUT2D eigenvalue weighted by Gasteiger charge is -2.21. The van der Waals surface area contributed by atoms with Crippen LogP contribution in [-0.4, -0.2) is 22.7 Å². The first kappa shape index (κ1) is 23.9. The van der Waals surface area contributed by atoms with Gasteiger partial charge in [0.05, 0.1) is 18.1 Å². The molecule has 176 valence electrons. The molecule has 1 heterocycles. The molecule has 3 aromatic carbocycles. The van der Waals surface area contributed by atoms with Gasteiger partial charge >= 0.3 is 7.60 Å². The average molecular weight is 478 g/mol. The first-order chi connectivity index (χ1) is 16.4. The molecule has 0 unspecified atom stereocenters. The Morgan fingerprint density at radius 3 is 2.15 bits per heavy atom. The quantitative estimate of drug-likeness (QED) is 0.159. The molecular weight excluding hydrogens is 451 g/mol. The van der Waals surface area contributed by atoms with E-state index < -0.39 is 12.5 Å². The summed E-state index contributed by atoms with van der Waals surface area (Å²) >= 11 is 0. The predicted molar refractivity (Wildman–Crippen MR) is 134 cm³/mol. The van der Waals surface area contributed by atoms with Crippen LogP contribution in [0, 0.1) is 17.0 Å². The largest absolute Gasteiger partial charge is 0.378 e. The minimum Gasteiger partial charge on any atom is -0.306 e. The van der Waals surface area contributed by atoms with Gasteiger partial charge in [-0.1, -0.05) is 48.0 Å². The van der Waals surface area contributed by atoms with E-state index >= 15 is 0 Å². The summed E-state index contributed by atoms with van der Waals surface area (Å²) in [5.41, 5.74) is 4.01. The maximum atomic E-state index is 14.2. The third-order valence-corrected chi connectivity index (χ3v) is 7.77. The monoisotopic (exact) mass is 478 g/mol. The number of nitro groups is 1. The Bertz CT molecular complexity index is 1350. The normalized spacial score (nSPS) is 11.7. The van der Waals surface area contributed by atoms with E-state index in [9.17, 15) is 14.7 Å². The Kier molecular flexibility index (Phi) is 6.98. The first-order valence-electron chi connectivity index (χ1n) is 11.2. The number of aryl methyl sites for hydroxylation is 1. The third-order valence-electron chi connectivity index (χ3n) is 5.61. The third kappa shape index (κ3) is 4.55. The molecule has 1 aromatic heterocycles. The van der Waals surface area contributed by atoms with Crippen molar-refractivity contribution >= 4 is 29.5 Å². The molecule has 0 spiro atoms. The Labute approximate surface area is 198 Å². The molecule has 7 nitrogen and oxygen atoms in total. The van der Waals surface area contributed by atoms with Crippen molar-refractivity contribution in [1.82, 2.24) is 4.57 Å². The fourth-order valence-electron chi connectivity index (χ4n) is 4.16. The second-order valence-electron chi connectivity index (χ2n) is 7.92. The summed E-state index contributed by atoms with van der Waals surface area (Å²) in [6.45, 7) is 5.83. The number of nitro benzene ring substituents is 1. The van der Waals surface area contributed by atoms with Crippen molar-refractivity contribution in [3.05, 3.63) is 99.7 Å². The van der Waals surface area contributed by atoms with E-state index in [2.05, 4.69) is 0 Å². The predicted octanol–water partition coefficient (Wildman–Crippen LogP) is 6.33. The summed E-state index contributed by atoms with van der Waals surface area (Å²) in [6, 6.07) is 22.4. The molecule has 0 atom stereocenters. The molecule has 8 heteroatoms. The zero-order valence-corrected chi connectivity index (χ0v) is 20.3. The van der Waals surface area contributed by atoms with Gasteiger partial charge in [-0.15, -0.1) is 0 Å². The molecule has 0 bridgehead atoms. The Morgan fingerprint density at radius 1 is 0.912 bits per heavy atom. The number of rotatable bonds is 9. The van der Waals surface area contributed by atoms with E-state index in [4.69, 9.17) is 9.05 Å². The van der Waals surface area contributed by atoms with Crippen LogP contribution in [0.5, 0.6) is 0 Å². The zero-order valence-electron chi connectivity index (χ0n) is 19.4. The highest BCUT2D eigenvalue weighted by atomic mass is 31.2. The Balaban J connectivity index is 2.13. The van der Waals surface area contributed by atoms with Gasteiger partial charge < -0.3 is 13.6 Å². The van der Waals surface area contributed by atoms with E-state index in [1.165, 1.54) is 12.1 Å². The van der Waals surface area contributed by atoms with Gasteiger partial charge in [-0.3, -0.25) is 14.7 Å². The van der Waals surface area contributed by atoms with Gasteiger partial charge in [0.2, 0.25) is 0 Å². The van der Waals surface area contributed by atoms with Crippen LogP contribution in [0.25, 0.3) is 16.5 Å². The minimum atomic E-state index is -3.83. The second-order valence-corrected chi connectivity index (χ2v) is 9.86. The number of non-ortho nitro benzene ring substituents is 1. The average Bonchev–Trinajstić information content (AvgIpc) is 3.14. The SMILES string of the molecule is CCOP(=O)(OCC)c1c2cc([N+](=O)[O-])ccc2c(Cc2ccccc2)n1-c1ccc(C)cc1. The summed E-state index contributed by atoms with van der Waals surface area (Å²) in [5, 5.41) is 12.9.